The highest BCUT2D eigenvalue weighted by Gasteiger charge is 2.18. The van der Waals surface area contributed by atoms with Crippen LogP contribution in [0.1, 0.15) is 45.6 Å². The Hall–Kier alpha value is -1.06. The summed E-state index contributed by atoms with van der Waals surface area (Å²) < 4.78 is 0. The lowest BCUT2D eigenvalue weighted by atomic mass is 9.97. The molecule has 1 saturated heterocycles. The first-order valence-electron chi connectivity index (χ1n) is 8.81. The number of aliphatic hydroxyl groups excluding tert-OH is 1. The Morgan fingerprint density at radius 2 is 2.00 bits per heavy atom. The van der Waals surface area contributed by atoms with Crippen LogP contribution in [0.25, 0.3) is 0 Å². The fourth-order valence-corrected chi connectivity index (χ4v) is 3.10. The van der Waals surface area contributed by atoms with Crippen LogP contribution in [0.2, 0.25) is 0 Å². The fraction of sp³-hybridized carbons (Fsp3) is 0.684. The summed E-state index contributed by atoms with van der Waals surface area (Å²) in [7, 11) is 0. The second-order valence-electron chi connectivity index (χ2n) is 6.92. The number of rotatable bonds is 7. The SMILES string of the molecule is CCC(C)C(C)Nc1cccc(CN2CCC(CO)CC2)c1. The highest BCUT2D eigenvalue weighted by Crippen LogP contribution is 2.21. The van der Waals surface area contributed by atoms with Crippen LogP contribution in [-0.4, -0.2) is 35.7 Å². The fourth-order valence-electron chi connectivity index (χ4n) is 3.10. The van der Waals surface area contributed by atoms with E-state index >= 15 is 0 Å². The second-order valence-corrected chi connectivity index (χ2v) is 6.92. The average molecular weight is 304 g/mol. The third-order valence-electron chi connectivity index (χ3n) is 5.19. The maximum absolute atomic E-state index is 9.23. The van der Waals surface area contributed by atoms with Gasteiger partial charge in [-0.3, -0.25) is 4.90 Å². The first-order chi connectivity index (χ1) is 10.6. The van der Waals surface area contributed by atoms with Crippen molar-refractivity contribution in [3.63, 3.8) is 0 Å². The summed E-state index contributed by atoms with van der Waals surface area (Å²) in [6.07, 6.45) is 3.45. The monoisotopic (exact) mass is 304 g/mol. The molecule has 0 aromatic heterocycles. The van der Waals surface area contributed by atoms with Gasteiger partial charge in [-0.05, 0) is 62.4 Å². The van der Waals surface area contributed by atoms with Crippen molar-refractivity contribution >= 4 is 5.69 Å². The Morgan fingerprint density at radius 3 is 2.64 bits per heavy atom. The normalized spacial score (nSPS) is 19.8. The molecule has 0 saturated carbocycles. The zero-order valence-corrected chi connectivity index (χ0v) is 14.4. The lowest BCUT2D eigenvalue weighted by molar-refractivity contribution is 0.127. The number of aliphatic hydroxyl groups is 1. The van der Waals surface area contributed by atoms with Crippen LogP contribution in [0, 0.1) is 11.8 Å². The van der Waals surface area contributed by atoms with Gasteiger partial charge >= 0.3 is 0 Å². The van der Waals surface area contributed by atoms with E-state index in [-0.39, 0.29) is 0 Å². The van der Waals surface area contributed by atoms with Gasteiger partial charge in [-0.2, -0.15) is 0 Å². The molecule has 0 radical (unpaired) electrons. The van der Waals surface area contributed by atoms with E-state index < -0.39 is 0 Å². The van der Waals surface area contributed by atoms with Gasteiger partial charge in [0, 0.05) is 24.9 Å². The summed E-state index contributed by atoms with van der Waals surface area (Å²) in [6, 6.07) is 9.33. The van der Waals surface area contributed by atoms with Crippen molar-refractivity contribution in [2.24, 2.45) is 11.8 Å². The predicted molar refractivity (Wildman–Crippen MR) is 94.1 cm³/mol. The molecular formula is C19H32N2O. The molecule has 1 aliphatic heterocycles. The molecule has 2 unspecified atom stereocenters. The van der Waals surface area contributed by atoms with Crippen LogP contribution < -0.4 is 5.32 Å². The lowest BCUT2D eigenvalue weighted by Crippen LogP contribution is -2.34. The largest absolute Gasteiger partial charge is 0.396 e. The van der Waals surface area contributed by atoms with Crippen LogP contribution in [0.3, 0.4) is 0 Å². The van der Waals surface area contributed by atoms with E-state index in [0.717, 1.165) is 32.5 Å². The molecule has 3 heteroatoms. The Kier molecular flexibility index (Phi) is 6.71. The van der Waals surface area contributed by atoms with Gasteiger partial charge in [-0.15, -0.1) is 0 Å². The zero-order valence-electron chi connectivity index (χ0n) is 14.4. The molecule has 1 aromatic rings. The molecule has 124 valence electrons. The number of hydrogen-bond acceptors (Lipinski definition) is 3. The topological polar surface area (TPSA) is 35.5 Å². The first-order valence-corrected chi connectivity index (χ1v) is 8.81. The maximum atomic E-state index is 9.23. The van der Waals surface area contributed by atoms with Crippen molar-refractivity contribution in [1.82, 2.24) is 4.90 Å². The lowest BCUT2D eigenvalue weighted by Gasteiger charge is -2.31. The summed E-state index contributed by atoms with van der Waals surface area (Å²) in [5.74, 6) is 1.20. The smallest absolute Gasteiger partial charge is 0.0460 e. The van der Waals surface area contributed by atoms with Crippen LogP contribution >= 0.6 is 0 Å². The van der Waals surface area contributed by atoms with E-state index in [4.69, 9.17) is 0 Å². The van der Waals surface area contributed by atoms with Gasteiger partial charge < -0.3 is 10.4 Å². The van der Waals surface area contributed by atoms with Crippen molar-refractivity contribution in [3.8, 4) is 0 Å². The third-order valence-corrected chi connectivity index (χ3v) is 5.19. The average Bonchev–Trinajstić information content (AvgIpc) is 2.55. The number of piperidine rings is 1. The third kappa shape index (κ3) is 4.99. The zero-order chi connectivity index (χ0) is 15.9. The number of hydrogen-bond donors (Lipinski definition) is 2. The van der Waals surface area contributed by atoms with Crippen molar-refractivity contribution in [2.75, 3.05) is 25.0 Å². The molecule has 1 aliphatic rings. The van der Waals surface area contributed by atoms with Crippen LogP contribution in [0.4, 0.5) is 5.69 Å². The van der Waals surface area contributed by atoms with Crippen molar-refractivity contribution in [3.05, 3.63) is 29.8 Å². The molecule has 2 N–H and O–H groups in total. The van der Waals surface area contributed by atoms with Crippen LogP contribution in [0.15, 0.2) is 24.3 Å². The number of likely N-dealkylation sites (tertiary alicyclic amines) is 1. The summed E-state index contributed by atoms with van der Waals surface area (Å²) in [5.41, 5.74) is 2.61. The summed E-state index contributed by atoms with van der Waals surface area (Å²) in [5, 5.41) is 12.9. The minimum absolute atomic E-state index is 0.348. The molecule has 0 spiro atoms. The number of nitrogens with one attached hydrogen (secondary N) is 1. The van der Waals surface area contributed by atoms with E-state index in [1.165, 1.54) is 17.7 Å². The maximum Gasteiger partial charge on any atom is 0.0460 e. The van der Waals surface area contributed by atoms with Gasteiger partial charge in [0.05, 0.1) is 0 Å². The van der Waals surface area contributed by atoms with E-state index in [0.29, 0.717) is 24.5 Å². The number of nitrogens with zero attached hydrogens (tertiary/aromatic N) is 1. The molecule has 0 bridgehead atoms. The quantitative estimate of drug-likeness (QED) is 0.805. The molecule has 1 heterocycles. The molecule has 0 aliphatic carbocycles. The highest BCUT2D eigenvalue weighted by atomic mass is 16.3. The van der Waals surface area contributed by atoms with E-state index in [9.17, 15) is 5.11 Å². The van der Waals surface area contributed by atoms with Gasteiger partial charge in [0.15, 0.2) is 0 Å². The van der Waals surface area contributed by atoms with Crippen molar-refractivity contribution < 1.29 is 5.11 Å². The first kappa shape index (κ1) is 17.3. The number of anilines is 1. The molecule has 2 atom stereocenters. The molecular weight excluding hydrogens is 272 g/mol. The van der Waals surface area contributed by atoms with Crippen molar-refractivity contribution in [2.45, 2.75) is 52.6 Å². The van der Waals surface area contributed by atoms with Gasteiger partial charge in [-0.25, -0.2) is 0 Å². The van der Waals surface area contributed by atoms with Gasteiger partial charge in [0.2, 0.25) is 0 Å². The molecule has 1 aromatic carbocycles. The van der Waals surface area contributed by atoms with Gasteiger partial charge in [0.1, 0.15) is 0 Å². The van der Waals surface area contributed by atoms with Gasteiger partial charge in [-0.1, -0.05) is 32.4 Å². The molecule has 2 rings (SSSR count). The predicted octanol–water partition coefficient (Wildman–Crippen LogP) is 3.74. The van der Waals surface area contributed by atoms with Gasteiger partial charge in [0.25, 0.3) is 0 Å². The minimum atomic E-state index is 0.348. The Bertz CT molecular complexity index is 441. The summed E-state index contributed by atoms with van der Waals surface area (Å²) in [4.78, 5) is 2.50. The summed E-state index contributed by atoms with van der Waals surface area (Å²) in [6.45, 7) is 10.4. The Balaban J connectivity index is 1.89. The summed E-state index contributed by atoms with van der Waals surface area (Å²) >= 11 is 0. The molecule has 1 fully saturated rings. The molecule has 22 heavy (non-hydrogen) atoms. The van der Waals surface area contributed by atoms with E-state index in [1.54, 1.807) is 0 Å². The number of benzene rings is 1. The second kappa shape index (κ2) is 8.54. The van der Waals surface area contributed by atoms with E-state index in [1.807, 2.05) is 0 Å². The minimum Gasteiger partial charge on any atom is -0.396 e. The van der Waals surface area contributed by atoms with Crippen molar-refractivity contribution in [1.29, 1.82) is 0 Å². The van der Waals surface area contributed by atoms with E-state index in [2.05, 4.69) is 55.3 Å². The molecule has 0 amide bonds. The highest BCUT2D eigenvalue weighted by molar-refractivity contribution is 5.46. The standard InChI is InChI=1S/C19H32N2O/c1-4-15(2)16(3)20-19-7-5-6-18(12-19)13-21-10-8-17(14-22)9-11-21/h5-7,12,15-17,20,22H,4,8-11,13-14H2,1-3H3. The van der Waals surface area contributed by atoms with Crippen LogP contribution in [-0.2, 0) is 6.54 Å². The Labute approximate surface area is 135 Å². The van der Waals surface area contributed by atoms with Crippen LogP contribution in [0.5, 0.6) is 0 Å². The Morgan fingerprint density at radius 1 is 1.27 bits per heavy atom. The molecule has 3 nitrogen and oxygen atoms in total.